The van der Waals surface area contributed by atoms with Crippen LogP contribution in [0.25, 0.3) is 5.82 Å². The Morgan fingerprint density at radius 3 is 2.41 bits per heavy atom. The van der Waals surface area contributed by atoms with Gasteiger partial charge in [-0.3, -0.25) is 14.3 Å². The molecule has 3 aromatic rings. The van der Waals surface area contributed by atoms with Gasteiger partial charge in [0, 0.05) is 54.9 Å². The van der Waals surface area contributed by atoms with Crippen molar-refractivity contribution >= 4 is 11.5 Å². The van der Waals surface area contributed by atoms with Crippen LogP contribution in [0.5, 0.6) is 0 Å². The Morgan fingerprint density at radius 2 is 1.76 bits per heavy atom. The Hall–Kier alpha value is -2.86. The summed E-state index contributed by atoms with van der Waals surface area (Å²) in [6.07, 6.45) is 0. The number of aromatic nitrogens is 2. The van der Waals surface area contributed by atoms with E-state index >= 15 is 0 Å². The number of benzene rings is 1. The molecular weight excluding hydrogens is 364 g/mol. The number of hydrogen-bond acceptors (Lipinski definition) is 5. The maximum Gasteiger partial charge on any atom is 0.180 e. The molecule has 0 saturated carbocycles. The Kier molecular flexibility index (Phi) is 5.28. The molecule has 0 bridgehead atoms. The summed E-state index contributed by atoms with van der Waals surface area (Å²) in [5.41, 5.74) is 5.27. The highest BCUT2D eigenvalue weighted by atomic mass is 16.5. The van der Waals surface area contributed by atoms with E-state index in [1.165, 1.54) is 11.3 Å². The van der Waals surface area contributed by atoms with Gasteiger partial charge >= 0.3 is 0 Å². The Balaban J connectivity index is 1.43. The van der Waals surface area contributed by atoms with Crippen molar-refractivity contribution in [2.45, 2.75) is 27.7 Å². The van der Waals surface area contributed by atoms with Crippen LogP contribution in [-0.4, -0.2) is 53.1 Å². The van der Waals surface area contributed by atoms with Gasteiger partial charge in [-0.25, -0.2) is 0 Å². The number of anilines is 1. The van der Waals surface area contributed by atoms with Gasteiger partial charge in [0.2, 0.25) is 0 Å². The second kappa shape index (κ2) is 7.87. The molecular formula is C23H28N4O2. The third-order valence-corrected chi connectivity index (χ3v) is 5.77. The first-order valence-electron chi connectivity index (χ1n) is 10.1. The normalized spacial score (nSPS) is 15.1. The van der Waals surface area contributed by atoms with E-state index in [0.717, 1.165) is 54.7 Å². The first-order chi connectivity index (χ1) is 13.9. The smallest absolute Gasteiger partial charge is 0.180 e. The van der Waals surface area contributed by atoms with Crippen molar-refractivity contribution < 1.29 is 9.32 Å². The molecule has 2 aromatic heterocycles. The molecule has 1 fully saturated rings. The number of para-hydroxylation sites is 1. The zero-order chi connectivity index (χ0) is 20.5. The first kappa shape index (κ1) is 19.5. The molecule has 1 aromatic carbocycles. The molecule has 0 amide bonds. The molecule has 6 heteroatoms. The number of hydrogen-bond donors (Lipinski definition) is 0. The number of aryl methyl sites for hydroxylation is 3. The van der Waals surface area contributed by atoms with Crippen molar-refractivity contribution in [1.29, 1.82) is 0 Å². The predicted octanol–water partition coefficient (Wildman–Crippen LogP) is 3.70. The van der Waals surface area contributed by atoms with E-state index < -0.39 is 0 Å². The molecule has 0 radical (unpaired) electrons. The van der Waals surface area contributed by atoms with Crippen LogP contribution in [0.3, 0.4) is 0 Å². The maximum absolute atomic E-state index is 13.0. The van der Waals surface area contributed by atoms with E-state index in [0.29, 0.717) is 6.54 Å². The molecule has 152 valence electrons. The second-order valence-electron chi connectivity index (χ2n) is 7.89. The van der Waals surface area contributed by atoms with Crippen LogP contribution in [0.4, 0.5) is 5.69 Å². The van der Waals surface area contributed by atoms with Gasteiger partial charge in [0.25, 0.3) is 0 Å². The summed E-state index contributed by atoms with van der Waals surface area (Å²) in [4.78, 5) is 17.7. The summed E-state index contributed by atoms with van der Waals surface area (Å²) in [7, 11) is 0. The van der Waals surface area contributed by atoms with Gasteiger partial charge in [0.05, 0.1) is 6.54 Å². The minimum Gasteiger partial charge on any atom is -0.369 e. The summed E-state index contributed by atoms with van der Waals surface area (Å²) in [6.45, 7) is 12.1. The highest BCUT2D eigenvalue weighted by molar-refractivity contribution is 5.99. The van der Waals surface area contributed by atoms with Crippen molar-refractivity contribution in [3.63, 3.8) is 0 Å². The number of Topliss-reactive ketones (excluding diaryl/α,β-unsaturated/α-hetero) is 1. The second-order valence-corrected chi connectivity index (χ2v) is 7.89. The van der Waals surface area contributed by atoms with E-state index in [-0.39, 0.29) is 5.78 Å². The van der Waals surface area contributed by atoms with Crippen LogP contribution in [0.1, 0.15) is 33.1 Å². The quantitative estimate of drug-likeness (QED) is 0.620. The lowest BCUT2D eigenvalue weighted by atomic mass is 10.1. The SMILES string of the molecule is Cc1cc(-n2c(C)cc(C(=O)CN3CCN(c4ccccc4C)CC3)c2C)no1. The number of ketones is 1. The van der Waals surface area contributed by atoms with Crippen LogP contribution >= 0.6 is 0 Å². The number of rotatable bonds is 5. The van der Waals surface area contributed by atoms with E-state index in [2.05, 4.69) is 46.1 Å². The molecule has 1 aliphatic rings. The van der Waals surface area contributed by atoms with E-state index in [4.69, 9.17) is 4.52 Å². The van der Waals surface area contributed by atoms with E-state index in [1.807, 2.05) is 37.5 Å². The van der Waals surface area contributed by atoms with Crippen molar-refractivity contribution in [1.82, 2.24) is 14.6 Å². The van der Waals surface area contributed by atoms with Crippen molar-refractivity contribution in [3.8, 4) is 5.82 Å². The van der Waals surface area contributed by atoms with Gasteiger partial charge in [-0.05, 0) is 45.4 Å². The summed E-state index contributed by atoms with van der Waals surface area (Å²) in [6, 6.07) is 12.3. The molecule has 4 rings (SSSR count). The average Bonchev–Trinajstić information content (AvgIpc) is 3.25. The van der Waals surface area contributed by atoms with Gasteiger partial charge in [-0.2, -0.15) is 0 Å². The molecule has 0 atom stereocenters. The Labute approximate surface area is 171 Å². The van der Waals surface area contributed by atoms with Crippen LogP contribution in [0.2, 0.25) is 0 Å². The predicted molar refractivity (Wildman–Crippen MR) is 114 cm³/mol. The Morgan fingerprint density at radius 1 is 1.03 bits per heavy atom. The molecule has 6 nitrogen and oxygen atoms in total. The largest absolute Gasteiger partial charge is 0.369 e. The third kappa shape index (κ3) is 3.85. The van der Waals surface area contributed by atoms with Crippen molar-refractivity contribution in [2.75, 3.05) is 37.6 Å². The number of carbonyl (C=O) groups is 1. The van der Waals surface area contributed by atoms with Gasteiger partial charge < -0.3 is 9.42 Å². The Bertz CT molecular complexity index is 1030. The van der Waals surface area contributed by atoms with Gasteiger partial charge in [-0.15, -0.1) is 0 Å². The molecule has 0 spiro atoms. The van der Waals surface area contributed by atoms with Crippen molar-refractivity contribution in [2.24, 2.45) is 0 Å². The van der Waals surface area contributed by atoms with E-state index in [1.54, 1.807) is 0 Å². The number of nitrogens with zero attached hydrogens (tertiary/aromatic N) is 4. The molecule has 0 unspecified atom stereocenters. The van der Waals surface area contributed by atoms with E-state index in [9.17, 15) is 4.79 Å². The topological polar surface area (TPSA) is 54.5 Å². The number of piperazine rings is 1. The monoisotopic (exact) mass is 392 g/mol. The lowest BCUT2D eigenvalue weighted by Gasteiger charge is -2.36. The molecule has 29 heavy (non-hydrogen) atoms. The lowest BCUT2D eigenvalue weighted by molar-refractivity contribution is 0.0925. The highest BCUT2D eigenvalue weighted by Gasteiger charge is 2.23. The summed E-state index contributed by atoms with van der Waals surface area (Å²) in [5.74, 6) is 1.64. The number of carbonyl (C=O) groups excluding carboxylic acids is 1. The molecule has 1 aliphatic heterocycles. The highest BCUT2D eigenvalue weighted by Crippen LogP contribution is 2.23. The van der Waals surface area contributed by atoms with Gasteiger partial charge in [-0.1, -0.05) is 23.4 Å². The first-order valence-corrected chi connectivity index (χ1v) is 10.1. The standard InChI is InChI=1S/C23H28N4O2/c1-16-7-5-6-8-21(16)26-11-9-25(10-12-26)15-22(28)20-13-17(2)27(19(20)4)23-14-18(3)29-24-23/h5-8,13-14H,9-12,15H2,1-4H3. The van der Waals surface area contributed by atoms with Crippen LogP contribution in [0, 0.1) is 27.7 Å². The zero-order valence-corrected chi connectivity index (χ0v) is 17.6. The van der Waals surface area contributed by atoms with Gasteiger partial charge in [0.15, 0.2) is 11.6 Å². The third-order valence-electron chi connectivity index (χ3n) is 5.77. The minimum absolute atomic E-state index is 0.161. The summed E-state index contributed by atoms with van der Waals surface area (Å²) >= 11 is 0. The zero-order valence-electron chi connectivity index (χ0n) is 17.6. The maximum atomic E-state index is 13.0. The fourth-order valence-corrected chi connectivity index (χ4v) is 4.21. The van der Waals surface area contributed by atoms with Gasteiger partial charge in [0.1, 0.15) is 5.76 Å². The molecule has 0 aliphatic carbocycles. The molecule has 1 saturated heterocycles. The fraction of sp³-hybridized carbons (Fsp3) is 0.391. The minimum atomic E-state index is 0.161. The van der Waals surface area contributed by atoms with Crippen LogP contribution in [-0.2, 0) is 0 Å². The fourth-order valence-electron chi connectivity index (χ4n) is 4.21. The molecule has 0 N–H and O–H groups in total. The van der Waals surface area contributed by atoms with Crippen LogP contribution < -0.4 is 4.90 Å². The average molecular weight is 393 g/mol. The van der Waals surface area contributed by atoms with Crippen molar-refractivity contribution in [3.05, 3.63) is 64.7 Å². The molecule has 3 heterocycles. The lowest BCUT2D eigenvalue weighted by Crippen LogP contribution is -2.48. The summed E-state index contributed by atoms with van der Waals surface area (Å²) in [5, 5.41) is 4.10. The summed E-state index contributed by atoms with van der Waals surface area (Å²) < 4.78 is 7.19. The van der Waals surface area contributed by atoms with Crippen LogP contribution in [0.15, 0.2) is 40.9 Å².